The summed E-state index contributed by atoms with van der Waals surface area (Å²) in [5.74, 6) is -1.06. The van der Waals surface area contributed by atoms with Crippen molar-refractivity contribution in [3.05, 3.63) is 24.3 Å². The van der Waals surface area contributed by atoms with Crippen molar-refractivity contribution in [3.63, 3.8) is 0 Å². The zero-order valence-electron chi connectivity index (χ0n) is 7.60. The van der Waals surface area contributed by atoms with E-state index >= 15 is 0 Å². The molecule has 0 saturated carbocycles. The lowest BCUT2D eigenvalue weighted by atomic mass is 10.3. The van der Waals surface area contributed by atoms with Crippen LogP contribution in [0.3, 0.4) is 0 Å². The maximum Gasteiger partial charge on any atom is 0.272 e. The van der Waals surface area contributed by atoms with Gasteiger partial charge in [0.25, 0.3) is 5.91 Å². The first-order chi connectivity index (χ1) is 6.61. The fourth-order valence-electron chi connectivity index (χ4n) is 0.758. The number of nitrogens with one attached hydrogen (secondary N) is 1. The Morgan fingerprint density at radius 2 is 2.21 bits per heavy atom. The molecule has 2 amide bonds. The molecule has 0 radical (unpaired) electrons. The number of carbonyl (C=O) groups excluding carboxylic acids is 2. The van der Waals surface area contributed by atoms with E-state index in [4.69, 9.17) is 5.73 Å². The third-order valence-corrected chi connectivity index (χ3v) is 1.57. The minimum atomic E-state index is -0.718. The summed E-state index contributed by atoms with van der Waals surface area (Å²) in [6, 6.07) is -0.718. The van der Waals surface area contributed by atoms with E-state index in [0.717, 1.165) is 0 Å². The van der Waals surface area contributed by atoms with Gasteiger partial charge in [-0.1, -0.05) is 0 Å². The summed E-state index contributed by atoms with van der Waals surface area (Å²) in [5.41, 5.74) is 5.13. The van der Waals surface area contributed by atoms with Gasteiger partial charge in [-0.2, -0.15) is 0 Å². The van der Waals surface area contributed by atoms with Crippen molar-refractivity contribution in [3.8, 4) is 0 Å². The molecular weight excluding hydrogens is 184 g/mol. The van der Waals surface area contributed by atoms with Crippen LogP contribution >= 0.6 is 0 Å². The average Bonchev–Trinajstić information content (AvgIpc) is 2.19. The third-order valence-electron chi connectivity index (χ3n) is 1.57. The molecule has 0 aliphatic carbocycles. The molecule has 0 aliphatic heterocycles. The van der Waals surface area contributed by atoms with Gasteiger partial charge in [-0.25, -0.2) is 4.98 Å². The molecule has 0 saturated heterocycles. The lowest BCUT2D eigenvalue weighted by Crippen LogP contribution is -2.42. The number of rotatable bonds is 3. The minimum Gasteiger partial charge on any atom is -0.368 e. The van der Waals surface area contributed by atoms with Gasteiger partial charge >= 0.3 is 0 Å². The Morgan fingerprint density at radius 1 is 1.50 bits per heavy atom. The van der Waals surface area contributed by atoms with Crippen LogP contribution in [0.5, 0.6) is 0 Å². The number of hydrogen-bond donors (Lipinski definition) is 2. The number of nitrogens with two attached hydrogens (primary N) is 1. The van der Waals surface area contributed by atoms with Crippen LogP contribution in [0.1, 0.15) is 17.4 Å². The van der Waals surface area contributed by atoms with E-state index in [0.29, 0.717) is 0 Å². The molecule has 0 aromatic carbocycles. The molecule has 6 heteroatoms. The average molecular weight is 194 g/mol. The smallest absolute Gasteiger partial charge is 0.272 e. The van der Waals surface area contributed by atoms with Crippen LogP contribution in [0.2, 0.25) is 0 Å². The molecule has 1 atom stereocenters. The van der Waals surface area contributed by atoms with Crippen molar-refractivity contribution in [1.29, 1.82) is 0 Å². The number of aromatic nitrogens is 2. The van der Waals surface area contributed by atoms with E-state index in [1.54, 1.807) is 0 Å². The maximum atomic E-state index is 11.3. The van der Waals surface area contributed by atoms with Crippen LogP contribution in [-0.2, 0) is 4.79 Å². The van der Waals surface area contributed by atoms with Crippen molar-refractivity contribution in [2.24, 2.45) is 5.73 Å². The number of hydrogen-bond acceptors (Lipinski definition) is 4. The van der Waals surface area contributed by atoms with Gasteiger partial charge in [-0.3, -0.25) is 14.6 Å². The molecule has 6 nitrogen and oxygen atoms in total. The van der Waals surface area contributed by atoms with Crippen LogP contribution in [-0.4, -0.2) is 27.8 Å². The molecule has 1 aromatic heterocycles. The van der Waals surface area contributed by atoms with Crippen LogP contribution in [0.25, 0.3) is 0 Å². The Bertz CT molecular complexity index is 338. The predicted molar refractivity (Wildman–Crippen MR) is 48.2 cm³/mol. The Balaban J connectivity index is 2.64. The topological polar surface area (TPSA) is 98.0 Å². The first kappa shape index (κ1) is 10.1. The molecule has 1 aromatic rings. The summed E-state index contributed by atoms with van der Waals surface area (Å²) >= 11 is 0. The number of nitrogens with zero attached hydrogens (tertiary/aromatic N) is 2. The van der Waals surface area contributed by atoms with E-state index in [1.807, 2.05) is 0 Å². The lowest BCUT2D eigenvalue weighted by molar-refractivity contribution is -0.119. The van der Waals surface area contributed by atoms with Crippen molar-refractivity contribution < 1.29 is 9.59 Å². The fourth-order valence-corrected chi connectivity index (χ4v) is 0.758. The molecule has 0 aliphatic rings. The van der Waals surface area contributed by atoms with Crippen LogP contribution in [0, 0.1) is 0 Å². The zero-order chi connectivity index (χ0) is 10.6. The lowest BCUT2D eigenvalue weighted by Gasteiger charge is -2.08. The second-order valence-corrected chi connectivity index (χ2v) is 2.69. The van der Waals surface area contributed by atoms with E-state index < -0.39 is 17.9 Å². The number of amides is 2. The molecule has 0 fully saturated rings. The normalized spacial score (nSPS) is 11.8. The van der Waals surface area contributed by atoms with Crippen molar-refractivity contribution in [2.45, 2.75) is 13.0 Å². The maximum absolute atomic E-state index is 11.3. The Labute approximate surface area is 80.5 Å². The summed E-state index contributed by atoms with van der Waals surface area (Å²) in [4.78, 5) is 29.5. The van der Waals surface area contributed by atoms with Crippen LogP contribution < -0.4 is 11.1 Å². The Hall–Kier alpha value is -1.98. The van der Waals surface area contributed by atoms with Gasteiger partial charge in [0.05, 0.1) is 6.20 Å². The van der Waals surface area contributed by atoms with Gasteiger partial charge in [0.15, 0.2) is 0 Å². The first-order valence-electron chi connectivity index (χ1n) is 3.97. The van der Waals surface area contributed by atoms with E-state index in [1.165, 1.54) is 25.5 Å². The van der Waals surface area contributed by atoms with Gasteiger partial charge in [-0.05, 0) is 6.92 Å². The van der Waals surface area contributed by atoms with Crippen molar-refractivity contribution in [2.75, 3.05) is 0 Å². The highest BCUT2D eigenvalue weighted by Crippen LogP contribution is 1.91. The molecule has 0 bridgehead atoms. The molecule has 1 unspecified atom stereocenters. The molecule has 1 heterocycles. The second-order valence-electron chi connectivity index (χ2n) is 2.69. The molecule has 3 N–H and O–H groups in total. The summed E-state index contributed by atoms with van der Waals surface area (Å²) in [7, 11) is 0. The largest absolute Gasteiger partial charge is 0.368 e. The molecule has 1 rings (SSSR count). The van der Waals surface area contributed by atoms with Gasteiger partial charge in [-0.15, -0.1) is 0 Å². The summed E-state index contributed by atoms with van der Waals surface area (Å²) in [5, 5.41) is 2.38. The standard InChI is InChI=1S/C8H10N4O2/c1-5(7(9)13)12-8(14)6-4-10-2-3-11-6/h2-5H,1H3,(H2,9,13)(H,12,14). The van der Waals surface area contributed by atoms with Crippen LogP contribution in [0.4, 0.5) is 0 Å². The van der Waals surface area contributed by atoms with E-state index in [-0.39, 0.29) is 5.69 Å². The number of carbonyl (C=O) groups is 2. The molecular formula is C8H10N4O2. The van der Waals surface area contributed by atoms with Gasteiger partial charge in [0.2, 0.25) is 5.91 Å². The minimum absolute atomic E-state index is 0.153. The summed E-state index contributed by atoms with van der Waals surface area (Å²) in [6.07, 6.45) is 4.15. The zero-order valence-corrected chi connectivity index (χ0v) is 7.60. The van der Waals surface area contributed by atoms with Gasteiger partial charge < -0.3 is 11.1 Å². The Morgan fingerprint density at radius 3 is 2.71 bits per heavy atom. The van der Waals surface area contributed by atoms with Crippen molar-refractivity contribution in [1.82, 2.24) is 15.3 Å². The summed E-state index contributed by atoms with van der Waals surface area (Å²) < 4.78 is 0. The van der Waals surface area contributed by atoms with Crippen molar-refractivity contribution >= 4 is 11.8 Å². The second kappa shape index (κ2) is 4.31. The molecule has 0 spiro atoms. The molecule has 74 valence electrons. The third kappa shape index (κ3) is 2.51. The number of primary amides is 1. The highest BCUT2D eigenvalue weighted by Gasteiger charge is 2.14. The van der Waals surface area contributed by atoms with E-state index in [9.17, 15) is 9.59 Å². The SMILES string of the molecule is CC(NC(=O)c1cnccn1)C(N)=O. The highest BCUT2D eigenvalue weighted by atomic mass is 16.2. The predicted octanol–water partition coefficient (Wildman–Crippen LogP) is -0.920. The quantitative estimate of drug-likeness (QED) is 0.650. The van der Waals surface area contributed by atoms with E-state index in [2.05, 4.69) is 15.3 Å². The fraction of sp³-hybridized carbons (Fsp3) is 0.250. The Kier molecular flexibility index (Phi) is 3.11. The van der Waals surface area contributed by atoms with Crippen LogP contribution in [0.15, 0.2) is 18.6 Å². The highest BCUT2D eigenvalue weighted by molar-refractivity contribution is 5.95. The summed E-state index contributed by atoms with van der Waals surface area (Å²) in [6.45, 7) is 1.50. The monoisotopic (exact) mass is 194 g/mol. The first-order valence-corrected chi connectivity index (χ1v) is 3.97. The molecule has 14 heavy (non-hydrogen) atoms. The van der Waals surface area contributed by atoms with Gasteiger partial charge in [0.1, 0.15) is 11.7 Å². The van der Waals surface area contributed by atoms with Gasteiger partial charge in [0, 0.05) is 12.4 Å².